The Morgan fingerprint density at radius 3 is 1.47 bits per heavy atom. The number of allylic oxidation sites excluding steroid dienone is 2. The molecule has 0 saturated carbocycles. The van der Waals surface area contributed by atoms with Gasteiger partial charge in [0.15, 0.2) is 0 Å². The Bertz CT molecular complexity index is 207. The third kappa shape index (κ3) is 7.17. The van der Waals surface area contributed by atoms with Crippen molar-refractivity contribution in [2.45, 2.75) is 39.9 Å². The van der Waals surface area contributed by atoms with Crippen LogP contribution in [-0.2, 0) is 14.2 Å². The van der Waals surface area contributed by atoms with Crippen LogP contribution in [0.15, 0.2) is 23.7 Å². The lowest BCUT2D eigenvalue weighted by Crippen LogP contribution is -2.04. The molecule has 0 aromatic carbocycles. The van der Waals surface area contributed by atoms with Gasteiger partial charge in [-0.1, -0.05) is 0 Å². The van der Waals surface area contributed by atoms with Crippen LogP contribution in [0.25, 0.3) is 0 Å². The van der Waals surface area contributed by atoms with Gasteiger partial charge in [-0.15, -0.1) is 0 Å². The van der Waals surface area contributed by atoms with Gasteiger partial charge in [0, 0.05) is 14.2 Å². The van der Waals surface area contributed by atoms with Crippen molar-refractivity contribution in [3.8, 4) is 0 Å². The lowest BCUT2D eigenvalue weighted by Gasteiger charge is -2.10. The van der Waals surface area contributed by atoms with E-state index in [0.29, 0.717) is 0 Å². The summed E-state index contributed by atoms with van der Waals surface area (Å²) in [6.45, 7) is 7.74. The Morgan fingerprint density at radius 2 is 1.20 bits per heavy atom. The van der Waals surface area contributed by atoms with Gasteiger partial charge < -0.3 is 14.2 Å². The molecule has 0 aromatic rings. The van der Waals surface area contributed by atoms with Crippen LogP contribution in [-0.4, -0.2) is 26.4 Å². The molecule has 3 heteroatoms. The van der Waals surface area contributed by atoms with Crippen molar-refractivity contribution >= 4 is 0 Å². The zero-order valence-corrected chi connectivity index (χ0v) is 10.5. The molecular weight excluding hydrogens is 192 g/mol. The number of methoxy groups -OCH3 is 2. The summed E-state index contributed by atoms with van der Waals surface area (Å²) in [7, 11) is 3.34. The molecule has 0 N–H and O–H groups in total. The van der Waals surface area contributed by atoms with Crippen molar-refractivity contribution in [1.82, 2.24) is 0 Å². The Morgan fingerprint density at radius 1 is 0.867 bits per heavy atom. The standard InChI is InChI=1S/C12H22O3/c1-9(13-5)7-11(3)15-12(4)8-10(2)14-6/h7-10H,1-6H3. The van der Waals surface area contributed by atoms with Crippen LogP contribution >= 0.6 is 0 Å². The quantitative estimate of drug-likeness (QED) is 0.636. The summed E-state index contributed by atoms with van der Waals surface area (Å²) < 4.78 is 15.8. The Hall–Kier alpha value is -0.800. The molecule has 3 nitrogen and oxygen atoms in total. The highest BCUT2D eigenvalue weighted by atomic mass is 16.5. The number of hydrogen-bond donors (Lipinski definition) is 0. The Balaban J connectivity index is 4.22. The fourth-order valence-corrected chi connectivity index (χ4v) is 1.12. The highest BCUT2D eigenvalue weighted by Gasteiger charge is 2.00. The van der Waals surface area contributed by atoms with Gasteiger partial charge in [-0.05, 0) is 39.8 Å². The van der Waals surface area contributed by atoms with Crippen LogP contribution in [0.4, 0.5) is 0 Å². The number of rotatable bonds is 6. The van der Waals surface area contributed by atoms with E-state index in [4.69, 9.17) is 14.2 Å². The van der Waals surface area contributed by atoms with Crippen molar-refractivity contribution in [3.05, 3.63) is 23.7 Å². The largest absolute Gasteiger partial charge is 0.467 e. The zero-order chi connectivity index (χ0) is 11.8. The van der Waals surface area contributed by atoms with Crippen LogP contribution < -0.4 is 0 Å². The predicted octanol–water partition coefficient (Wildman–Crippen LogP) is 2.88. The van der Waals surface area contributed by atoms with Gasteiger partial charge in [0.1, 0.15) is 0 Å². The fourth-order valence-electron chi connectivity index (χ4n) is 1.12. The SMILES string of the molecule is COC(C)C=C(C)OC(C)=CC(C)OC. The molecule has 0 spiro atoms. The minimum absolute atomic E-state index is 0.0673. The van der Waals surface area contributed by atoms with Crippen LogP contribution in [0, 0.1) is 0 Å². The number of ether oxygens (including phenoxy) is 3. The van der Waals surface area contributed by atoms with Gasteiger partial charge in [-0.3, -0.25) is 0 Å². The predicted molar refractivity (Wildman–Crippen MR) is 61.5 cm³/mol. The maximum Gasteiger partial charge on any atom is 0.0990 e. The molecule has 0 rings (SSSR count). The van der Waals surface area contributed by atoms with Crippen LogP contribution in [0.5, 0.6) is 0 Å². The molecular formula is C12H22O3. The lowest BCUT2D eigenvalue weighted by atomic mass is 10.3. The smallest absolute Gasteiger partial charge is 0.0990 e. The molecule has 0 heterocycles. The molecule has 0 bridgehead atoms. The maximum absolute atomic E-state index is 5.56. The van der Waals surface area contributed by atoms with Crippen LogP contribution in [0.2, 0.25) is 0 Å². The Kier molecular flexibility index (Phi) is 7.09. The summed E-state index contributed by atoms with van der Waals surface area (Å²) in [6, 6.07) is 0. The molecule has 2 atom stereocenters. The van der Waals surface area contributed by atoms with Crippen molar-refractivity contribution in [1.29, 1.82) is 0 Å². The van der Waals surface area contributed by atoms with E-state index in [9.17, 15) is 0 Å². The van der Waals surface area contributed by atoms with E-state index in [1.807, 2.05) is 39.8 Å². The van der Waals surface area contributed by atoms with Crippen LogP contribution in [0.3, 0.4) is 0 Å². The first-order valence-corrected chi connectivity index (χ1v) is 5.09. The zero-order valence-electron chi connectivity index (χ0n) is 10.5. The first kappa shape index (κ1) is 14.2. The van der Waals surface area contributed by atoms with Gasteiger partial charge in [-0.25, -0.2) is 0 Å². The molecule has 0 amide bonds. The summed E-state index contributed by atoms with van der Waals surface area (Å²) in [5.74, 6) is 1.67. The van der Waals surface area contributed by atoms with Crippen molar-refractivity contribution in [3.63, 3.8) is 0 Å². The summed E-state index contributed by atoms with van der Waals surface area (Å²) >= 11 is 0. The molecule has 0 fully saturated rings. The minimum Gasteiger partial charge on any atom is -0.467 e. The Labute approximate surface area is 92.7 Å². The summed E-state index contributed by atoms with van der Waals surface area (Å²) in [4.78, 5) is 0. The van der Waals surface area contributed by atoms with E-state index in [2.05, 4.69) is 0 Å². The summed E-state index contributed by atoms with van der Waals surface area (Å²) in [6.07, 6.45) is 3.99. The molecule has 0 aromatic heterocycles. The highest BCUT2D eigenvalue weighted by Crippen LogP contribution is 2.08. The second-order valence-corrected chi connectivity index (χ2v) is 3.54. The fraction of sp³-hybridized carbons (Fsp3) is 0.667. The van der Waals surface area contributed by atoms with Gasteiger partial charge in [0.05, 0.1) is 23.7 Å². The molecule has 0 aliphatic carbocycles. The van der Waals surface area contributed by atoms with E-state index in [1.165, 1.54) is 0 Å². The number of hydrogen-bond acceptors (Lipinski definition) is 3. The lowest BCUT2D eigenvalue weighted by molar-refractivity contribution is 0.146. The second-order valence-electron chi connectivity index (χ2n) is 3.54. The van der Waals surface area contributed by atoms with Crippen molar-refractivity contribution in [2.24, 2.45) is 0 Å². The third-order valence-electron chi connectivity index (χ3n) is 2.00. The van der Waals surface area contributed by atoms with E-state index in [0.717, 1.165) is 11.5 Å². The maximum atomic E-state index is 5.56. The molecule has 0 radical (unpaired) electrons. The van der Waals surface area contributed by atoms with E-state index in [1.54, 1.807) is 14.2 Å². The van der Waals surface area contributed by atoms with Gasteiger partial charge in [0.25, 0.3) is 0 Å². The first-order valence-electron chi connectivity index (χ1n) is 5.09. The van der Waals surface area contributed by atoms with Crippen LogP contribution in [0.1, 0.15) is 27.7 Å². The van der Waals surface area contributed by atoms with Crippen molar-refractivity contribution < 1.29 is 14.2 Å². The first-order chi connectivity index (χ1) is 6.99. The molecule has 0 saturated heterocycles. The minimum atomic E-state index is 0.0673. The molecule has 88 valence electrons. The van der Waals surface area contributed by atoms with Gasteiger partial charge in [-0.2, -0.15) is 0 Å². The summed E-state index contributed by atoms with van der Waals surface area (Å²) in [5, 5.41) is 0. The van der Waals surface area contributed by atoms with E-state index in [-0.39, 0.29) is 12.2 Å². The monoisotopic (exact) mass is 214 g/mol. The van der Waals surface area contributed by atoms with Crippen molar-refractivity contribution in [2.75, 3.05) is 14.2 Å². The van der Waals surface area contributed by atoms with E-state index < -0.39 is 0 Å². The van der Waals surface area contributed by atoms with E-state index >= 15 is 0 Å². The van der Waals surface area contributed by atoms with Gasteiger partial charge in [0.2, 0.25) is 0 Å². The second kappa shape index (κ2) is 7.49. The molecule has 2 unspecified atom stereocenters. The normalized spacial score (nSPS) is 17.5. The average molecular weight is 214 g/mol. The average Bonchev–Trinajstić information content (AvgIpc) is 2.16. The molecule has 0 aliphatic rings. The third-order valence-corrected chi connectivity index (χ3v) is 2.00. The molecule has 15 heavy (non-hydrogen) atoms. The summed E-state index contributed by atoms with van der Waals surface area (Å²) in [5.41, 5.74) is 0. The highest BCUT2D eigenvalue weighted by molar-refractivity contribution is 5.01. The topological polar surface area (TPSA) is 27.7 Å². The molecule has 0 aliphatic heterocycles. The van der Waals surface area contributed by atoms with Gasteiger partial charge >= 0.3 is 0 Å².